The van der Waals surface area contributed by atoms with Gasteiger partial charge in [-0.2, -0.15) is 0 Å². The van der Waals surface area contributed by atoms with Crippen LogP contribution in [0.15, 0.2) is 34.9 Å². The molecule has 8 atom stereocenters. The molecule has 1 spiro atoms. The summed E-state index contributed by atoms with van der Waals surface area (Å²) in [5.74, 6) is -1.13. The second-order valence-electron chi connectivity index (χ2n) is 10.6. The fourth-order valence-electron chi connectivity index (χ4n) is 6.91. The molecule has 0 amide bonds. The minimum atomic E-state index is -2.08. The molecule has 0 aromatic rings. The van der Waals surface area contributed by atoms with Crippen LogP contribution in [-0.4, -0.2) is 51.5 Å². The molecule has 31 heavy (non-hydrogen) atoms. The fraction of sp³-hybridized carbons (Fsp3) is 0.680. The van der Waals surface area contributed by atoms with Crippen molar-refractivity contribution in [3.05, 3.63) is 34.9 Å². The van der Waals surface area contributed by atoms with E-state index in [0.717, 1.165) is 6.42 Å². The van der Waals surface area contributed by atoms with E-state index in [-0.39, 0.29) is 28.6 Å². The van der Waals surface area contributed by atoms with Gasteiger partial charge in [0.25, 0.3) is 0 Å². The van der Waals surface area contributed by atoms with Crippen molar-refractivity contribution in [3.8, 4) is 0 Å². The Balaban J connectivity index is 1.91. The number of hydrogen-bond donors (Lipinski definition) is 3. The van der Waals surface area contributed by atoms with Crippen LogP contribution < -0.4 is 0 Å². The average molecular weight is 431 g/mol. The first-order chi connectivity index (χ1) is 14.4. The number of esters is 1. The molecule has 2 unspecified atom stereocenters. The normalized spacial score (nSPS) is 45.6. The Hall–Kier alpha value is -1.76. The van der Waals surface area contributed by atoms with Crippen LogP contribution in [0.4, 0.5) is 0 Å². The molecule has 0 heterocycles. The number of allylic oxidation sites excluding steroid dienone is 2. The third-order valence-electron chi connectivity index (χ3n) is 8.88. The number of aliphatic hydroxyl groups is 3. The molecule has 4 rings (SSSR count). The zero-order valence-corrected chi connectivity index (χ0v) is 19.2. The predicted octanol–water partition coefficient (Wildman–Crippen LogP) is 2.33. The number of fused-ring (bicyclic) bond motifs is 3. The van der Waals surface area contributed by atoms with Crippen LogP contribution in [0, 0.1) is 34.5 Å². The molecule has 0 aliphatic heterocycles. The molecular formula is C25H34O6. The molecule has 2 bridgehead atoms. The molecule has 4 aliphatic carbocycles. The summed E-state index contributed by atoms with van der Waals surface area (Å²) in [4.78, 5) is 26.8. The first-order valence-corrected chi connectivity index (χ1v) is 11.2. The van der Waals surface area contributed by atoms with E-state index in [0.29, 0.717) is 17.1 Å². The largest absolute Gasteiger partial charge is 0.451 e. The zero-order chi connectivity index (χ0) is 23.1. The Morgan fingerprint density at radius 1 is 1.35 bits per heavy atom. The van der Waals surface area contributed by atoms with Crippen molar-refractivity contribution >= 4 is 11.8 Å². The SMILES string of the molecule is C/C=C(/C)C(=O)O[C@H]1C(C)=C[C@]23C(=O)[C@@H](C=C(CO)[C@@H](O)C12O)[C@H]1C(C[C@H]3C)C1(C)C. The summed E-state index contributed by atoms with van der Waals surface area (Å²) in [6.45, 7) is 10.8. The smallest absolute Gasteiger partial charge is 0.334 e. The summed E-state index contributed by atoms with van der Waals surface area (Å²) in [6, 6.07) is 0. The van der Waals surface area contributed by atoms with Gasteiger partial charge in [-0.25, -0.2) is 4.79 Å². The summed E-state index contributed by atoms with van der Waals surface area (Å²) in [5.41, 5.74) is -2.36. The average Bonchev–Trinajstić information content (AvgIpc) is 3.21. The molecular weight excluding hydrogens is 396 g/mol. The van der Waals surface area contributed by atoms with Gasteiger partial charge in [0, 0.05) is 11.5 Å². The lowest BCUT2D eigenvalue weighted by Gasteiger charge is -2.48. The number of ketones is 1. The molecule has 0 saturated heterocycles. The third-order valence-corrected chi connectivity index (χ3v) is 8.88. The van der Waals surface area contributed by atoms with Gasteiger partial charge in [0.15, 0.2) is 17.5 Å². The molecule has 0 aromatic carbocycles. The van der Waals surface area contributed by atoms with Gasteiger partial charge in [-0.15, -0.1) is 0 Å². The van der Waals surface area contributed by atoms with Gasteiger partial charge in [0.2, 0.25) is 0 Å². The summed E-state index contributed by atoms with van der Waals surface area (Å²) >= 11 is 0. The van der Waals surface area contributed by atoms with E-state index < -0.39 is 41.7 Å². The lowest BCUT2D eigenvalue weighted by molar-refractivity contribution is -0.201. The van der Waals surface area contributed by atoms with Crippen molar-refractivity contribution in [2.45, 2.75) is 65.8 Å². The Morgan fingerprint density at radius 2 is 2.00 bits per heavy atom. The van der Waals surface area contributed by atoms with Gasteiger partial charge >= 0.3 is 5.97 Å². The van der Waals surface area contributed by atoms with E-state index in [1.54, 1.807) is 39.0 Å². The van der Waals surface area contributed by atoms with Crippen molar-refractivity contribution in [2.75, 3.05) is 6.61 Å². The molecule has 0 aromatic heterocycles. The Bertz CT molecular complexity index is 926. The van der Waals surface area contributed by atoms with Crippen LogP contribution in [0.5, 0.6) is 0 Å². The van der Waals surface area contributed by atoms with Crippen LogP contribution in [0.2, 0.25) is 0 Å². The standard InChI is InChI=1S/C25H34O6/c1-7-12(2)22(29)31-21-13(3)10-24-14(4)8-17-18(23(17,5)6)16(20(24)28)9-15(11-26)19(27)25(21,24)30/h7,9-10,14,16-19,21,26-27,30H,8,11H2,1-6H3/b12-7-/t14-,16+,17?,18+,19-,21+,24+,25?/m1/s1. The maximum Gasteiger partial charge on any atom is 0.334 e. The lowest BCUT2D eigenvalue weighted by Crippen LogP contribution is -2.65. The highest BCUT2D eigenvalue weighted by Crippen LogP contribution is 2.71. The third kappa shape index (κ3) is 2.61. The van der Waals surface area contributed by atoms with Crippen molar-refractivity contribution < 1.29 is 29.6 Å². The zero-order valence-electron chi connectivity index (χ0n) is 19.2. The summed E-state index contributed by atoms with van der Waals surface area (Å²) in [6.07, 6.45) is 3.04. The maximum atomic E-state index is 14.2. The number of carbonyl (C=O) groups is 2. The molecule has 4 aliphatic rings. The summed E-state index contributed by atoms with van der Waals surface area (Å²) < 4.78 is 5.72. The van der Waals surface area contributed by atoms with Gasteiger partial charge < -0.3 is 20.1 Å². The first kappa shape index (κ1) is 22.4. The number of aliphatic hydroxyl groups excluding tert-OH is 2. The van der Waals surface area contributed by atoms with E-state index >= 15 is 0 Å². The second kappa shape index (κ2) is 6.87. The van der Waals surface area contributed by atoms with Crippen LogP contribution in [0.3, 0.4) is 0 Å². The second-order valence-corrected chi connectivity index (χ2v) is 10.6. The molecule has 2 fully saturated rings. The Morgan fingerprint density at radius 3 is 2.58 bits per heavy atom. The maximum absolute atomic E-state index is 14.2. The van der Waals surface area contributed by atoms with Crippen LogP contribution >= 0.6 is 0 Å². The van der Waals surface area contributed by atoms with Crippen molar-refractivity contribution in [3.63, 3.8) is 0 Å². The van der Waals surface area contributed by atoms with Crippen LogP contribution in [0.1, 0.15) is 48.0 Å². The highest BCUT2D eigenvalue weighted by Gasteiger charge is 2.76. The first-order valence-electron chi connectivity index (χ1n) is 11.2. The number of Topliss-reactive ketones (excluding diaryl/α,β-unsaturated/α-hetero) is 1. The topological polar surface area (TPSA) is 104 Å². The van der Waals surface area contributed by atoms with Gasteiger partial charge in [-0.3, -0.25) is 4.79 Å². The minimum Gasteiger partial charge on any atom is -0.451 e. The van der Waals surface area contributed by atoms with Gasteiger partial charge in [0.05, 0.1) is 12.0 Å². The fourth-order valence-corrected chi connectivity index (χ4v) is 6.91. The van der Waals surface area contributed by atoms with E-state index in [1.807, 2.05) is 6.92 Å². The highest BCUT2D eigenvalue weighted by molar-refractivity contribution is 5.96. The summed E-state index contributed by atoms with van der Waals surface area (Å²) in [5, 5.41) is 33.7. The molecule has 2 saturated carbocycles. The molecule has 0 radical (unpaired) electrons. The monoisotopic (exact) mass is 430 g/mol. The number of rotatable bonds is 3. The predicted molar refractivity (Wildman–Crippen MR) is 115 cm³/mol. The number of hydrogen-bond acceptors (Lipinski definition) is 6. The number of ether oxygens (including phenoxy) is 1. The van der Waals surface area contributed by atoms with E-state index in [4.69, 9.17) is 4.74 Å². The van der Waals surface area contributed by atoms with Gasteiger partial charge in [-0.05, 0) is 61.5 Å². The lowest BCUT2D eigenvalue weighted by atomic mass is 9.59. The highest BCUT2D eigenvalue weighted by atomic mass is 16.6. The Kier molecular flexibility index (Phi) is 4.97. The summed E-state index contributed by atoms with van der Waals surface area (Å²) in [7, 11) is 0. The molecule has 3 N–H and O–H groups in total. The quantitative estimate of drug-likeness (QED) is 0.361. The minimum absolute atomic E-state index is 0.0209. The van der Waals surface area contributed by atoms with E-state index in [1.165, 1.54) is 0 Å². The molecule has 6 nitrogen and oxygen atoms in total. The molecule has 170 valence electrons. The number of carbonyl (C=O) groups excluding carboxylic acids is 2. The van der Waals surface area contributed by atoms with Crippen molar-refractivity contribution in [1.29, 1.82) is 0 Å². The van der Waals surface area contributed by atoms with Crippen molar-refractivity contribution in [2.24, 2.45) is 34.5 Å². The van der Waals surface area contributed by atoms with Crippen LogP contribution in [-0.2, 0) is 14.3 Å². The van der Waals surface area contributed by atoms with E-state index in [2.05, 4.69) is 13.8 Å². The Labute approximate surface area is 183 Å². The molecule has 6 heteroatoms. The van der Waals surface area contributed by atoms with Gasteiger partial charge in [-0.1, -0.05) is 39.0 Å². The van der Waals surface area contributed by atoms with E-state index in [9.17, 15) is 24.9 Å². The van der Waals surface area contributed by atoms with Crippen molar-refractivity contribution in [1.82, 2.24) is 0 Å². The van der Waals surface area contributed by atoms with Gasteiger partial charge in [0.1, 0.15) is 6.10 Å². The van der Waals surface area contributed by atoms with Crippen LogP contribution in [0.25, 0.3) is 0 Å².